The normalized spacial score (nSPS) is 20.5. The fraction of sp³-hybridized carbons (Fsp3) is 0.600. The maximum absolute atomic E-state index is 12.9. The van der Waals surface area contributed by atoms with E-state index in [4.69, 9.17) is 0 Å². The molecule has 1 aliphatic carbocycles. The van der Waals surface area contributed by atoms with Crippen molar-refractivity contribution in [3.05, 3.63) is 35.6 Å². The van der Waals surface area contributed by atoms with E-state index >= 15 is 0 Å². The zero-order valence-corrected chi connectivity index (χ0v) is 15.9. The molecular formula is C20H31FN4O. The molecular weight excluding hydrogens is 331 g/mol. The highest BCUT2D eigenvalue weighted by molar-refractivity contribution is 5.80. The molecule has 0 bridgehead atoms. The molecule has 0 heterocycles. The second-order valence-electron chi connectivity index (χ2n) is 7.01. The van der Waals surface area contributed by atoms with E-state index in [9.17, 15) is 9.18 Å². The fourth-order valence-corrected chi connectivity index (χ4v) is 3.13. The molecule has 0 aliphatic heterocycles. The molecule has 0 unspecified atom stereocenters. The lowest BCUT2D eigenvalue weighted by molar-refractivity contribution is -0.120. The largest absolute Gasteiger partial charge is 0.357 e. The summed E-state index contributed by atoms with van der Waals surface area (Å²) in [5.74, 6) is 1.27. The summed E-state index contributed by atoms with van der Waals surface area (Å²) in [6.45, 7) is 6.17. The lowest BCUT2D eigenvalue weighted by Crippen LogP contribution is -2.45. The average Bonchev–Trinajstić information content (AvgIpc) is 2.63. The number of rotatable bonds is 7. The number of hydrogen-bond acceptors (Lipinski definition) is 2. The third-order valence-corrected chi connectivity index (χ3v) is 4.68. The van der Waals surface area contributed by atoms with E-state index in [2.05, 4.69) is 27.9 Å². The fourth-order valence-electron chi connectivity index (χ4n) is 3.13. The van der Waals surface area contributed by atoms with Gasteiger partial charge in [-0.05, 0) is 56.2 Å². The van der Waals surface area contributed by atoms with Gasteiger partial charge in [-0.3, -0.25) is 9.79 Å². The van der Waals surface area contributed by atoms with Gasteiger partial charge in [-0.2, -0.15) is 0 Å². The predicted octanol–water partition coefficient (Wildman–Crippen LogP) is 2.62. The van der Waals surface area contributed by atoms with Gasteiger partial charge in [-0.15, -0.1) is 0 Å². The maximum atomic E-state index is 12.9. The van der Waals surface area contributed by atoms with Crippen molar-refractivity contribution in [1.82, 2.24) is 16.0 Å². The highest BCUT2D eigenvalue weighted by atomic mass is 19.1. The first-order chi connectivity index (χ1) is 12.6. The molecule has 3 N–H and O–H groups in total. The Labute approximate surface area is 155 Å². The molecule has 0 saturated heterocycles. The van der Waals surface area contributed by atoms with Crippen molar-refractivity contribution in [1.29, 1.82) is 0 Å². The number of guanidine groups is 1. The van der Waals surface area contributed by atoms with Gasteiger partial charge < -0.3 is 16.0 Å². The van der Waals surface area contributed by atoms with Crippen LogP contribution in [-0.4, -0.2) is 37.5 Å². The number of nitrogens with zero attached hydrogens (tertiary/aromatic N) is 1. The minimum atomic E-state index is -0.292. The van der Waals surface area contributed by atoms with Gasteiger partial charge in [0.25, 0.3) is 0 Å². The van der Waals surface area contributed by atoms with Crippen molar-refractivity contribution in [2.24, 2.45) is 10.9 Å². The lowest BCUT2D eigenvalue weighted by Gasteiger charge is -2.28. The van der Waals surface area contributed by atoms with Crippen LogP contribution in [0.15, 0.2) is 29.3 Å². The first-order valence-corrected chi connectivity index (χ1v) is 9.62. The summed E-state index contributed by atoms with van der Waals surface area (Å²) in [5, 5.41) is 9.62. The van der Waals surface area contributed by atoms with Crippen LogP contribution in [0.1, 0.15) is 45.1 Å². The summed E-state index contributed by atoms with van der Waals surface area (Å²) >= 11 is 0. The zero-order valence-electron chi connectivity index (χ0n) is 15.9. The quantitative estimate of drug-likeness (QED) is 0.397. The van der Waals surface area contributed by atoms with E-state index in [1.165, 1.54) is 37.8 Å². The van der Waals surface area contributed by atoms with Crippen molar-refractivity contribution in [3.63, 3.8) is 0 Å². The summed E-state index contributed by atoms with van der Waals surface area (Å²) in [5.41, 5.74) is 0.800. The van der Waals surface area contributed by atoms with Gasteiger partial charge in [0.05, 0.1) is 13.0 Å². The summed E-state index contributed by atoms with van der Waals surface area (Å²) in [6, 6.07) is 6.48. The van der Waals surface area contributed by atoms with Crippen molar-refractivity contribution < 1.29 is 9.18 Å². The maximum Gasteiger partial charge on any atom is 0.224 e. The standard InChI is InChI=1S/C20H31FN4O/c1-3-22-20(25-18-10-4-15(2)5-11-18)24-13-12-23-19(26)14-16-6-8-17(21)9-7-16/h6-9,15,18H,3-5,10-14H2,1-2H3,(H,23,26)(H2,22,24,25). The van der Waals surface area contributed by atoms with Crippen molar-refractivity contribution >= 4 is 11.9 Å². The number of aliphatic imine (C=N–C) groups is 1. The van der Waals surface area contributed by atoms with Gasteiger partial charge >= 0.3 is 0 Å². The second kappa shape index (κ2) is 10.8. The lowest BCUT2D eigenvalue weighted by atomic mass is 9.87. The molecule has 0 atom stereocenters. The molecule has 1 amide bonds. The van der Waals surface area contributed by atoms with E-state index in [0.29, 0.717) is 19.1 Å². The highest BCUT2D eigenvalue weighted by Crippen LogP contribution is 2.23. The molecule has 0 radical (unpaired) electrons. The van der Waals surface area contributed by atoms with E-state index < -0.39 is 0 Å². The van der Waals surface area contributed by atoms with Crippen LogP contribution >= 0.6 is 0 Å². The Morgan fingerprint density at radius 3 is 2.50 bits per heavy atom. The van der Waals surface area contributed by atoms with Gasteiger partial charge in [0.15, 0.2) is 5.96 Å². The molecule has 1 aliphatic rings. The predicted molar refractivity (Wildman–Crippen MR) is 104 cm³/mol. The van der Waals surface area contributed by atoms with Crippen LogP contribution in [0.3, 0.4) is 0 Å². The van der Waals surface area contributed by atoms with Crippen molar-refractivity contribution in [2.45, 2.75) is 52.0 Å². The topological polar surface area (TPSA) is 65.5 Å². The molecule has 1 aromatic carbocycles. The molecule has 5 nitrogen and oxygen atoms in total. The first-order valence-electron chi connectivity index (χ1n) is 9.62. The molecule has 1 saturated carbocycles. The summed E-state index contributed by atoms with van der Waals surface area (Å²) in [6.07, 6.45) is 5.13. The summed E-state index contributed by atoms with van der Waals surface area (Å²) < 4.78 is 12.9. The van der Waals surface area contributed by atoms with E-state index in [-0.39, 0.29) is 18.1 Å². The number of carbonyl (C=O) groups excluding carboxylic acids is 1. The monoisotopic (exact) mass is 362 g/mol. The minimum absolute atomic E-state index is 0.0777. The molecule has 0 spiro atoms. The summed E-state index contributed by atoms with van der Waals surface area (Å²) in [7, 11) is 0. The number of halogens is 1. The Hall–Kier alpha value is -2.11. The minimum Gasteiger partial charge on any atom is -0.357 e. The second-order valence-corrected chi connectivity index (χ2v) is 7.01. The number of benzene rings is 1. The van der Waals surface area contributed by atoms with E-state index in [1.807, 2.05) is 6.92 Å². The van der Waals surface area contributed by atoms with Crippen LogP contribution in [0, 0.1) is 11.7 Å². The van der Waals surface area contributed by atoms with Gasteiger partial charge in [0, 0.05) is 19.1 Å². The highest BCUT2D eigenvalue weighted by Gasteiger charge is 2.18. The molecule has 1 fully saturated rings. The molecule has 2 rings (SSSR count). The third kappa shape index (κ3) is 7.42. The number of nitrogens with one attached hydrogen (secondary N) is 3. The zero-order chi connectivity index (χ0) is 18.8. The van der Waals surface area contributed by atoms with Crippen LogP contribution in [0.4, 0.5) is 4.39 Å². The molecule has 0 aromatic heterocycles. The van der Waals surface area contributed by atoms with Gasteiger partial charge in [0.2, 0.25) is 5.91 Å². The molecule has 1 aromatic rings. The van der Waals surface area contributed by atoms with Crippen LogP contribution in [-0.2, 0) is 11.2 Å². The Morgan fingerprint density at radius 2 is 1.85 bits per heavy atom. The number of amides is 1. The van der Waals surface area contributed by atoms with Crippen molar-refractivity contribution in [2.75, 3.05) is 19.6 Å². The molecule has 144 valence electrons. The van der Waals surface area contributed by atoms with Crippen LogP contribution in [0.2, 0.25) is 0 Å². The van der Waals surface area contributed by atoms with Crippen LogP contribution in [0.5, 0.6) is 0 Å². The average molecular weight is 362 g/mol. The molecule has 6 heteroatoms. The van der Waals surface area contributed by atoms with E-state index in [1.54, 1.807) is 12.1 Å². The van der Waals surface area contributed by atoms with Crippen molar-refractivity contribution in [3.8, 4) is 0 Å². The first kappa shape index (κ1) is 20.2. The SMILES string of the molecule is CCNC(=NCCNC(=O)Cc1ccc(F)cc1)NC1CCC(C)CC1. The van der Waals surface area contributed by atoms with Gasteiger partial charge in [0.1, 0.15) is 5.82 Å². The van der Waals surface area contributed by atoms with Gasteiger partial charge in [-0.25, -0.2) is 4.39 Å². The Bertz CT molecular complexity index is 580. The molecule has 26 heavy (non-hydrogen) atoms. The Balaban J connectivity index is 1.71. The number of hydrogen-bond donors (Lipinski definition) is 3. The van der Waals surface area contributed by atoms with Crippen LogP contribution < -0.4 is 16.0 Å². The third-order valence-electron chi connectivity index (χ3n) is 4.68. The van der Waals surface area contributed by atoms with E-state index in [0.717, 1.165) is 24.0 Å². The Morgan fingerprint density at radius 1 is 1.15 bits per heavy atom. The van der Waals surface area contributed by atoms with Gasteiger partial charge in [-0.1, -0.05) is 19.1 Å². The summed E-state index contributed by atoms with van der Waals surface area (Å²) in [4.78, 5) is 16.5. The van der Waals surface area contributed by atoms with Crippen LogP contribution in [0.25, 0.3) is 0 Å². The smallest absolute Gasteiger partial charge is 0.224 e. The number of carbonyl (C=O) groups is 1. The Kier molecular flexibility index (Phi) is 8.38.